The van der Waals surface area contributed by atoms with Crippen molar-refractivity contribution < 1.29 is 13.2 Å². The van der Waals surface area contributed by atoms with E-state index in [-0.39, 0.29) is 11.5 Å². The summed E-state index contributed by atoms with van der Waals surface area (Å²) in [6.07, 6.45) is 0.479. The molecule has 0 bridgehead atoms. The van der Waals surface area contributed by atoms with Crippen LogP contribution in [-0.4, -0.2) is 26.5 Å². The van der Waals surface area contributed by atoms with Gasteiger partial charge >= 0.3 is 0 Å². The van der Waals surface area contributed by atoms with E-state index in [1.165, 1.54) is 0 Å². The highest BCUT2D eigenvalue weighted by atomic mass is 35.5. The minimum atomic E-state index is -2.92. The second-order valence-corrected chi connectivity index (χ2v) is 6.78. The van der Waals surface area contributed by atoms with Crippen LogP contribution in [0.25, 0.3) is 0 Å². The van der Waals surface area contributed by atoms with Crippen molar-refractivity contribution in [3.63, 3.8) is 0 Å². The van der Waals surface area contributed by atoms with E-state index in [1.54, 1.807) is 25.1 Å². The molecule has 0 spiro atoms. The van der Waals surface area contributed by atoms with Gasteiger partial charge in [0.1, 0.15) is 15.6 Å². The molecule has 102 valence electrons. The maximum absolute atomic E-state index is 11.3. The van der Waals surface area contributed by atoms with E-state index < -0.39 is 9.84 Å². The predicted octanol–water partition coefficient (Wildman–Crippen LogP) is 2.00. The molecule has 1 rings (SSSR count). The number of benzene rings is 1. The summed E-state index contributed by atoms with van der Waals surface area (Å²) in [5, 5.41) is 0.566. The molecule has 0 saturated carbocycles. The van der Waals surface area contributed by atoms with Crippen LogP contribution in [0.4, 0.5) is 0 Å². The molecule has 0 unspecified atom stereocenters. The molecular weight excluding hydrogens is 274 g/mol. The van der Waals surface area contributed by atoms with E-state index in [0.717, 1.165) is 5.56 Å². The first kappa shape index (κ1) is 15.3. The Balaban J connectivity index is 2.43. The van der Waals surface area contributed by atoms with Crippen LogP contribution in [0.2, 0.25) is 5.02 Å². The van der Waals surface area contributed by atoms with Gasteiger partial charge in [0.2, 0.25) is 0 Å². The van der Waals surface area contributed by atoms with E-state index >= 15 is 0 Å². The number of hydrogen-bond acceptors (Lipinski definition) is 4. The Hall–Kier alpha value is -0.780. The Kier molecular flexibility index (Phi) is 5.91. The first-order chi connectivity index (χ1) is 8.48. The minimum Gasteiger partial charge on any atom is -0.494 e. The molecule has 0 aromatic heterocycles. The average Bonchev–Trinajstić information content (AvgIpc) is 2.35. The number of halogens is 1. The Labute approximate surface area is 113 Å². The first-order valence-corrected chi connectivity index (χ1v) is 8.00. The molecule has 0 aliphatic heterocycles. The van der Waals surface area contributed by atoms with E-state index in [4.69, 9.17) is 22.1 Å². The molecule has 18 heavy (non-hydrogen) atoms. The third-order valence-corrected chi connectivity index (χ3v) is 4.69. The molecule has 0 saturated heterocycles. The Morgan fingerprint density at radius 1 is 1.39 bits per heavy atom. The van der Waals surface area contributed by atoms with Gasteiger partial charge in [-0.15, -0.1) is 0 Å². The third kappa shape index (κ3) is 4.84. The summed E-state index contributed by atoms with van der Waals surface area (Å²) in [4.78, 5) is 0. The lowest BCUT2D eigenvalue weighted by molar-refractivity contribution is 0.317. The van der Waals surface area contributed by atoms with Crippen molar-refractivity contribution in [1.82, 2.24) is 0 Å². The fourth-order valence-corrected chi connectivity index (χ4v) is 2.49. The zero-order chi connectivity index (χ0) is 13.6. The van der Waals surface area contributed by atoms with Gasteiger partial charge in [0.05, 0.1) is 12.4 Å². The zero-order valence-electron chi connectivity index (χ0n) is 10.4. The zero-order valence-corrected chi connectivity index (χ0v) is 11.9. The number of ether oxygens (including phenoxy) is 1. The molecule has 2 N–H and O–H groups in total. The maximum Gasteiger partial charge on any atom is 0.150 e. The lowest BCUT2D eigenvalue weighted by atomic mass is 10.2. The van der Waals surface area contributed by atoms with Crippen LogP contribution in [0, 0.1) is 0 Å². The van der Waals surface area contributed by atoms with Crippen molar-refractivity contribution in [1.29, 1.82) is 0 Å². The van der Waals surface area contributed by atoms with E-state index in [1.807, 2.05) is 0 Å². The van der Waals surface area contributed by atoms with Gasteiger partial charge in [0.25, 0.3) is 0 Å². The van der Waals surface area contributed by atoms with Crippen molar-refractivity contribution in [2.45, 2.75) is 19.9 Å². The predicted molar refractivity (Wildman–Crippen MR) is 73.8 cm³/mol. The molecule has 1 aromatic rings. The molecule has 6 heteroatoms. The van der Waals surface area contributed by atoms with Crippen molar-refractivity contribution >= 4 is 21.4 Å². The highest BCUT2D eigenvalue weighted by Gasteiger charge is 2.07. The molecule has 0 aliphatic carbocycles. The molecule has 0 atom stereocenters. The highest BCUT2D eigenvalue weighted by molar-refractivity contribution is 7.91. The Morgan fingerprint density at radius 3 is 2.67 bits per heavy atom. The van der Waals surface area contributed by atoms with Crippen LogP contribution < -0.4 is 10.5 Å². The van der Waals surface area contributed by atoms with Crippen molar-refractivity contribution in [3.05, 3.63) is 28.8 Å². The van der Waals surface area contributed by atoms with Crippen LogP contribution >= 0.6 is 11.6 Å². The van der Waals surface area contributed by atoms with Gasteiger partial charge in [0, 0.05) is 17.3 Å². The molecule has 0 amide bonds. The van der Waals surface area contributed by atoms with Gasteiger partial charge in [0.15, 0.2) is 0 Å². The van der Waals surface area contributed by atoms with Gasteiger partial charge in [-0.1, -0.05) is 24.6 Å². The molecule has 0 fully saturated rings. The second-order valence-electron chi connectivity index (χ2n) is 3.90. The quantitative estimate of drug-likeness (QED) is 0.780. The first-order valence-electron chi connectivity index (χ1n) is 5.80. The molecular formula is C12H18ClNO3S. The molecule has 1 aromatic carbocycles. The fraction of sp³-hybridized carbons (Fsp3) is 0.500. The Morgan fingerprint density at radius 2 is 2.11 bits per heavy atom. The van der Waals surface area contributed by atoms with Gasteiger partial charge < -0.3 is 10.5 Å². The van der Waals surface area contributed by atoms with Crippen LogP contribution in [0.15, 0.2) is 18.2 Å². The number of hydrogen-bond donors (Lipinski definition) is 1. The standard InChI is InChI=1S/C12H18ClNO3S/c1-2-18(15,16)7-3-6-17-11-5-4-10(9-14)12(13)8-11/h4-5,8H,2-3,6-7,9,14H2,1H3. The van der Waals surface area contributed by atoms with E-state index in [0.29, 0.717) is 30.3 Å². The van der Waals surface area contributed by atoms with Crippen molar-refractivity contribution in [3.8, 4) is 5.75 Å². The Bertz CT molecular complexity index is 488. The van der Waals surface area contributed by atoms with E-state index in [2.05, 4.69) is 0 Å². The van der Waals surface area contributed by atoms with Crippen LogP contribution in [0.5, 0.6) is 5.75 Å². The van der Waals surface area contributed by atoms with Crippen molar-refractivity contribution in [2.75, 3.05) is 18.1 Å². The normalized spacial score (nSPS) is 11.5. The number of sulfone groups is 1. The summed E-state index contributed by atoms with van der Waals surface area (Å²) in [6.45, 7) is 2.38. The summed E-state index contributed by atoms with van der Waals surface area (Å²) in [6, 6.07) is 5.28. The largest absolute Gasteiger partial charge is 0.494 e. The summed E-state index contributed by atoms with van der Waals surface area (Å²) in [5.41, 5.74) is 6.35. The summed E-state index contributed by atoms with van der Waals surface area (Å²) in [5.74, 6) is 0.952. The number of nitrogens with two attached hydrogens (primary N) is 1. The van der Waals surface area contributed by atoms with Gasteiger partial charge in [-0.2, -0.15) is 0 Å². The van der Waals surface area contributed by atoms with Gasteiger partial charge in [-0.05, 0) is 24.1 Å². The highest BCUT2D eigenvalue weighted by Crippen LogP contribution is 2.22. The third-order valence-electron chi connectivity index (χ3n) is 2.55. The van der Waals surface area contributed by atoms with Gasteiger partial charge in [-0.25, -0.2) is 8.42 Å². The van der Waals surface area contributed by atoms with E-state index in [9.17, 15) is 8.42 Å². The lowest BCUT2D eigenvalue weighted by Gasteiger charge is -2.08. The second kappa shape index (κ2) is 6.97. The molecule has 4 nitrogen and oxygen atoms in total. The fourth-order valence-electron chi connectivity index (χ4n) is 1.40. The van der Waals surface area contributed by atoms with Gasteiger partial charge in [-0.3, -0.25) is 0 Å². The smallest absolute Gasteiger partial charge is 0.150 e. The summed E-state index contributed by atoms with van der Waals surface area (Å²) >= 11 is 5.98. The van der Waals surface area contributed by atoms with Crippen LogP contribution in [0.1, 0.15) is 18.9 Å². The van der Waals surface area contributed by atoms with Crippen molar-refractivity contribution in [2.24, 2.45) is 5.73 Å². The molecule has 0 radical (unpaired) electrons. The molecule has 0 aliphatic rings. The maximum atomic E-state index is 11.3. The monoisotopic (exact) mass is 291 g/mol. The van der Waals surface area contributed by atoms with Crippen LogP contribution in [-0.2, 0) is 16.4 Å². The lowest BCUT2D eigenvalue weighted by Crippen LogP contribution is -2.11. The average molecular weight is 292 g/mol. The summed E-state index contributed by atoms with van der Waals surface area (Å²) in [7, 11) is -2.92. The molecule has 0 heterocycles. The number of rotatable bonds is 7. The minimum absolute atomic E-state index is 0.151. The summed E-state index contributed by atoms with van der Waals surface area (Å²) < 4.78 is 28.0. The topological polar surface area (TPSA) is 69.4 Å². The SMILES string of the molecule is CCS(=O)(=O)CCCOc1ccc(CN)c(Cl)c1. The van der Waals surface area contributed by atoms with Crippen LogP contribution in [0.3, 0.4) is 0 Å².